The van der Waals surface area contributed by atoms with Gasteiger partial charge in [-0.3, -0.25) is 0 Å². The summed E-state index contributed by atoms with van der Waals surface area (Å²) < 4.78 is 10.6. The first kappa shape index (κ1) is 15.2. The van der Waals surface area contributed by atoms with E-state index in [1.807, 2.05) is 43.3 Å². The van der Waals surface area contributed by atoms with Crippen molar-refractivity contribution in [3.05, 3.63) is 59.7 Å². The molecule has 1 heterocycles. The number of carbonyl (C=O) groups excluding carboxylic acids is 1. The van der Waals surface area contributed by atoms with Crippen molar-refractivity contribution in [2.75, 3.05) is 13.3 Å². The Balaban J connectivity index is 1.47. The first-order chi connectivity index (χ1) is 11.2. The molecule has 0 aromatic heterocycles. The Morgan fingerprint density at radius 3 is 2.74 bits per heavy atom. The summed E-state index contributed by atoms with van der Waals surface area (Å²) in [5.74, 6) is 1.47. The second kappa shape index (κ2) is 7.05. The van der Waals surface area contributed by atoms with Gasteiger partial charge in [0.2, 0.25) is 6.79 Å². The number of benzene rings is 2. The minimum absolute atomic E-state index is 0.110. The van der Waals surface area contributed by atoms with Gasteiger partial charge in [-0.2, -0.15) is 0 Å². The lowest BCUT2D eigenvalue weighted by molar-refractivity contribution is 0.174. The van der Waals surface area contributed by atoms with Gasteiger partial charge in [-0.25, -0.2) is 4.79 Å². The minimum atomic E-state index is -0.175. The highest BCUT2D eigenvalue weighted by molar-refractivity contribution is 5.74. The molecule has 5 heteroatoms. The maximum atomic E-state index is 12.0. The summed E-state index contributed by atoms with van der Waals surface area (Å²) in [7, 11) is 0. The van der Waals surface area contributed by atoms with Crippen LogP contribution >= 0.6 is 0 Å². The van der Waals surface area contributed by atoms with Gasteiger partial charge in [0.15, 0.2) is 11.5 Å². The standard InChI is InChI=1S/C18H20N2O3/c1-13(15-7-8-16-17(11-15)23-12-22-16)20-18(21)19-10-9-14-5-3-2-4-6-14/h2-8,11,13H,9-10,12H2,1H3,(H2,19,20,21)/t13-/m1/s1. The SMILES string of the molecule is C[C@@H](NC(=O)NCCc1ccccc1)c1ccc2c(c1)OCO2. The van der Waals surface area contributed by atoms with Crippen molar-refractivity contribution in [3.8, 4) is 11.5 Å². The average molecular weight is 312 g/mol. The molecule has 2 amide bonds. The van der Waals surface area contributed by atoms with E-state index in [-0.39, 0.29) is 18.9 Å². The van der Waals surface area contributed by atoms with E-state index in [1.165, 1.54) is 5.56 Å². The third-order valence-corrected chi connectivity index (χ3v) is 3.79. The highest BCUT2D eigenvalue weighted by atomic mass is 16.7. The second-order valence-corrected chi connectivity index (χ2v) is 5.47. The Bertz CT molecular complexity index is 673. The van der Waals surface area contributed by atoms with Crippen molar-refractivity contribution < 1.29 is 14.3 Å². The van der Waals surface area contributed by atoms with Gasteiger partial charge < -0.3 is 20.1 Å². The topological polar surface area (TPSA) is 59.6 Å². The number of fused-ring (bicyclic) bond motifs is 1. The average Bonchev–Trinajstić information content (AvgIpc) is 3.03. The summed E-state index contributed by atoms with van der Waals surface area (Å²) >= 11 is 0. The summed E-state index contributed by atoms with van der Waals surface area (Å²) in [6.45, 7) is 2.79. The van der Waals surface area contributed by atoms with E-state index in [4.69, 9.17) is 9.47 Å². The van der Waals surface area contributed by atoms with Crippen LogP contribution in [0.15, 0.2) is 48.5 Å². The molecular formula is C18H20N2O3. The molecule has 0 saturated heterocycles. The minimum Gasteiger partial charge on any atom is -0.454 e. The number of carbonyl (C=O) groups is 1. The van der Waals surface area contributed by atoms with Gasteiger partial charge in [-0.1, -0.05) is 36.4 Å². The largest absolute Gasteiger partial charge is 0.454 e. The Kier molecular flexibility index (Phi) is 4.66. The van der Waals surface area contributed by atoms with Crippen molar-refractivity contribution in [2.24, 2.45) is 0 Å². The zero-order valence-electron chi connectivity index (χ0n) is 13.0. The molecule has 0 saturated carbocycles. The van der Waals surface area contributed by atoms with Gasteiger partial charge in [0.1, 0.15) is 0 Å². The van der Waals surface area contributed by atoms with Gasteiger partial charge in [0.05, 0.1) is 6.04 Å². The molecule has 1 aliphatic heterocycles. The Morgan fingerprint density at radius 2 is 1.91 bits per heavy atom. The fourth-order valence-electron chi connectivity index (χ4n) is 2.48. The van der Waals surface area contributed by atoms with Crippen LogP contribution in [0.5, 0.6) is 11.5 Å². The molecule has 2 N–H and O–H groups in total. The molecule has 0 unspecified atom stereocenters. The fraction of sp³-hybridized carbons (Fsp3) is 0.278. The smallest absolute Gasteiger partial charge is 0.315 e. The van der Waals surface area contributed by atoms with Crippen molar-refractivity contribution in [3.63, 3.8) is 0 Å². The number of amides is 2. The van der Waals surface area contributed by atoms with Gasteiger partial charge in [-0.05, 0) is 36.6 Å². The molecular weight excluding hydrogens is 292 g/mol. The summed E-state index contributed by atoms with van der Waals surface area (Å²) in [5.41, 5.74) is 2.18. The van der Waals surface area contributed by atoms with E-state index in [2.05, 4.69) is 22.8 Å². The van der Waals surface area contributed by atoms with Crippen LogP contribution in [0.1, 0.15) is 24.1 Å². The van der Waals surface area contributed by atoms with Crippen LogP contribution in [0.25, 0.3) is 0 Å². The Morgan fingerprint density at radius 1 is 1.13 bits per heavy atom. The maximum absolute atomic E-state index is 12.0. The molecule has 120 valence electrons. The molecule has 0 radical (unpaired) electrons. The van der Waals surface area contributed by atoms with E-state index in [0.717, 1.165) is 23.5 Å². The Labute approximate surface area is 135 Å². The van der Waals surface area contributed by atoms with E-state index < -0.39 is 0 Å². The van der Waals surface area contributed by atoms with Crippen LogP contribution in [-0.4, -0.2) is 19.4 Å². The first-order valence-electron chi connectivity index (χ1n) is 7.70. The van der Waals surface area contributed by atoms with Crippen molar-refractivity contribution in [1.29, 1.82) is 0 Å². The van der Waals surface area contributed by atoms with Crippen LogP contribution in [0.3, 0.4) is 0 Å². The van der Waals surface area contributed by atoms with E-state index in [9.17, 15) is 4.79 Å². The second-order valence-electron chi connectivity index (χ2n) is 5.47. The van der Waals surface area contributed by atoms with Crippen LogP contribution in [0.2, 0.25) is 0 Å². The van der Waals surface area contributed by atoms with Gasteiger partial charge in [0.25, 0.3) is 0 Å². The molecule has 1 atom stereocenters. The Hall–Kier alpha value is -2.69. The predicted octanol–water partition coefficient (Wildman–Crippen LogP) is 3.02. The molecule has 3 rings (SSSR count). The molecule has 0 bridgehead atoms. The van der Waals surface area contributed by atoms with Crippen LogP contribution in [-0.2, 0) is 6.42 Å². The fourth-order valence-corrected chi connectivity index (χ4v) is 2.48. The summed E-state index contributed by atoms with van der Waals surface area (Å²) in [5, 5.41) is 5.81. The summed E-state index contributed by atoms with van der Waals surface area (Å²) in [6.07, 6.45) is 0.812. The highest BCUT2D eigenvalue weighted by Gasteiger charge is 2.16. The number of nitrogens with one attached hydrogen (secondary N) is 2. The van der Waals surface area contributed by atoms with Crippen LogP contribution < -0.4 is 20.1 Å². The zero-order chi connectivity index (χ0) is 16.1. The van der Waals surface area contributed by atoms with Crippen molar-refractivity contribution in [2.45, 2.75) is 19.4 Å². The number of ether oxygens (including phenoxy) is 2. The van der Waals surface area contributed by atoms with E-state index in [1.54, 1.807) is 0 Å². The lowest BCUT2D eigenvalue weighted by Crippen LogP contribution is -2.38. The molecule has 0 aliphatic carbocycles. The lowest BCUT2D eigenvalue weighted by atomic mass is 10.1. The third-order valence-electron chi connectivity index (χ3n) is 3.79. The summed E-state index contributed by atoms with van der Waals surface area (Å²) in [4.78, 5) is 12.0. The number of hydrogen-bond acceptors (Lipinski definition) is 3. The molecule has 0 fully saturated rings. The summed E-state index contributed by atoms with van der Waals surface area (Å²) in [6, 6.07) is 15.5. The predicted molar refractivity (Wildman–Crippen MR) is 87.7 cm³/mol. The monoisotopic (exact) mass is 312 g/mol. The molecule has 2 aromatic rings. The van der Waals surface area contributed by atoms with Crippen LogP contribution in [0, 0.1) is 0 Å². The molecule has 1 aliphatic rings. The number of hydrogen-bond donors (Lipinski definition) is 2. The zero-order valence-corrected chi connectivity index (χ0v) is 13.0. The number of rotatable bonds is 5. The number of urea groups is 1. The van der Waals surface area contributed by atoms with E-state index >= 15 is 0 Å². The molecule has 23 heavy (non-hydrogen) atoms. The van der Waals surface area contributed by atoms with E-state index in [0.29, 0.717) is 6.54 Å². The van der Waals surface area contributed by atoms with Crippen molar-refractivity contribution >= 4 is 6.03 Å². The third kappa shape index (κ3) is 3.94. The van der Waals surface area contributed by atoms with Gasteiger partial charge in [0, 0.05) is 6.54 Å². The molecule has 2 aromatic carbocycles. The maximum Gasteiger partial charge on any atom is 0.315 e. The van der Waals surface area contributed by atoms with Crippen molar-refractivity contribution in [1.82, 2.24) is 10.6 Å². The van der Waals surface area contributed by atoms with Gasteiger partial charge in [-0.15, -0.1) is 0 Å². The highest BCUT2D eigenvalue weighted by Crippen LogP contribution is 2.34. The molecule has 0 spiro atoms. The normalized spacial score (nSPS) is 13.4. The first-order valence-corrected chi connectivity index (χ1v) is 7.70. The molecule has 5 nitrogen and oxygen atoms in total. The quantitative estimate of drug-likeness (QED) is 0.892. The van der Waals surface area contributed by atoms with Crippen LogP contribution in [0.4, 0.5) is 4.79 Å². The lowest BCUT2D eigenvalue weighted by Gasteiger charge is -2.15. The van der Waals surface area contributed by atoms with Gasteiger partial charge >= 0.3 is 6.03 Å².